The van der Waals surface area contributed by atoms with Crippen molar-refractivity contribution in [3.05, 3.63) is 71.4 Å². The van der Waals surface area contributed by atoms with Crippen LogP contribution in [0.15, 0.2) is 53.1 Å². The van der Waals surface area contributed by atoms with Gasteiger partial charge in [0.05, 0.1) is 29.7 Å². The minimum atomic E-state index is -0.586. The third-order valence-corrected chi connectivity index (χ3v) is 5.09. The van der Waals surface area contributed by atoms with Gasteiger partial charge in [0.1, 0.15) is 12.3 Å². The van der Waals surface area contributed by atoms with E-state index in [-0.39, 0.29) is 12.5 Å². The van der Waals surface area contributed by atoms with E-state index in [1.165, 1.54) is 4.90 Å². The summed E-state index contributed by atoms with van der Waals surface area (Å²) < 4.78 is 12.6. The van der Waals surface area contributed by atoms with Crippen LogP contribution < -0.4 is 10.2 Å². The molecule has 2 aromatic heterocycles. The second-order valence-corrected chi connectivity index (χ2v) is 7.07. The molecule has 4 rings (SSSR count). The van der Waals surface area contributed by atoms with Crippen molar-refractivity contribution in [3.8, 4) is 0 Å². The zero-order valence-electron chi connectivity index (χ0n) is 16.7. The summed E-state index contributed by atoms with van der Waals surface area (Å²) in [5.41, 5.74) is 3.13. The van der Waals surface area contributed by atoms with Crippen LogP contribution in [-0.2, 0) is 20.9 Å². The molecule has 154 valence electrons. The number of furan rings is 1. The molecule has 3 aromatic rings. The molecule has 30 heavy (non-hydrogen) atoms. The largest absolute Gasteiger partial charge is 0.467 e. The van der Waals surface area contributed by atoms with Gasteiger partial charge in [0, 0.05) is 11.4 Å². The van der Waals surface area contributed by atoms with Gasteiger partial charge in [-0.15, -0.1) is 0 Å². The summed E-state index contributed by atoms with van der Waals surface area (Å²) in [5, 5.41) is 2.72. The Bertz CT molecular complexity index is 1110. The summed E-state index contributed by atoms with van der Waals surface area (Å²) in [4.78, 5) is 38.5. The first kappa shape index (κ1) is 19.5. The van der Waals surface area contributed by atoms with E-state index in [9.17, 15) is 14.4 Å². The van der Waals surface area contributed by atoms with E-state index >= 15 is 0 Å². The highest BCUT2D eigenvalue weighted by Crippen LogP contribution is 2.29. The molecule has 2 amide bonds. The molecule has 1 aliphatic rings. The Hall–Kier alpha value is -3.81. The monoisotopic (exact) mass is 407 g/mol. The van der Waals surface area contributed by atoms with Crippen molar-refractivity contribution >= 4 is 29.2 Å². The van der Waals surface area contributed by atoms with Crippen LogP contribution in [-0.4, -0.2) is 35.5 Å². The number of aryl methyl sites for hydroxylation is 1. The summed E-state index contributed by atoms with van der Waals surface area (Å²) in [6, 6.07) is 12.4. The molecule has 1 N–H and O–H groups in total. The third-order valence-electron chi connectivity index (χ3n) is 5.09. The van der Waals surface area contributed by atoms with E-state index in [2.05, 4.69) is 5.32 Å². The summed E-state index contributed by atoms with van der Waals surface area (Å²) >= 11 is 0. The van der Waals surface area contributed by atoms with Gasteiger partial charge in [-0.25, -0.2) is 4.79 Å². The van der Waals surface area contributed by atoms with Crippen LogP contribution >= 0.6 is 0 Å². The van der Waals surface area contributed by atoms with E-state index in [0.29, 0.717) is 23.5 Å². The zero-order valence-corrected chi connectivity index (χ0v) is 16.7. The smallest absolute Gasteiger partial charge is 0.340 e. The van der Waals surface area contributed by atoms with Gasteiger partial charge in [-0.05, 0) is 44.2 Å². The van der Waals surface area contributed by atoms with E-state index in [1.807, 2.05) is 30.5 Å². The van der Waals surface area contributed by atoms with Crippen molar-refractivity contribution in [2.75, 3.05) is 23.4 Å². The van der Waals surface area contributed by atoms with E-state index < -0.39 is 18.5 Å². The number of ether oxygens (including phenoxy) is 1. The topological polar surface area (TPSA) is 93.8 Å². The third kappa shape index (κ3) is 3.71. The lowest BCUT2D eigenvalue weighted by Crippen LogP contribution is -2.44. The van der Waals surface area contributed by atoms with Crippen LogP contribution in [0, 0.1) is 13.8 Å². The number of nitrogens with zero attached hydrogens (tertiary/aromatic N) is 2. The predicted octanol–water partition coefficient (Wildman–Crippen LogP) is 2.89. The van der Waals surface area contributed by atoms with Crippen molar-refractivity contribution < 1.29 is 23.5 Å². The molecule has 0 saturated heterocycles. The van der Waals surface area contributed by atoms with Gasteiger partial charge in [0.2, 0.25) is 5.91 Å². The van der Waals surface area contributed by atoms with Gasteiger partial charge in [0.25, 0.3) is 5.91 Å². The molecular weight excluding hydrogens is 386 g/mol. The lowest BCUT2D eigenvalue weighted by atomic mass is 10.2. The maximum atomic E-state index is 12.7. The lowest BCUT2D eigenvalue weighted by molar-refractivity contribution is -0.124. The van der Waals surface area contributed by atoms with Crippen molar-refractivity contribution in [2.24, 2.45) is 0 Å². The molecule has 0 unspecified atom stereocenters. The number of amides is 2. The normalized spacial score (nSPS) is 13.0. The van der Waals surface area contributed by atoms with E-state index in [0.717, 1.165) is 17.1 Å². The molecule has 0 saturated carbocycles. The summed E-state index contributed by atoms with van der Waals surface area (Å²) in [6.45, 7) is 3.63. The minimum absolute atomic E-state index is 0.120. The Kier molecular flexibility index (Phi) is 5.14. The molecule has 3 heterocycles. The van der Waals surface area contributed by atoms with Gasteiger partial charge in [-0.2, -0.15) is 0 Å². The van der Waals surface area contributed by atoms with Gasteiger partial charge in [-0.1, -0.05) is 12.1 Å². The fourth-order valence-corrected chi connectivity index (χ4v) is 3.55. The fourth-order valence-electron chi connectivity index (χ4n) is 3.55. The Morgan fingerprint density at radius 3 is 2.73 bits per heavy atom. The van der Waals surface area contributed by atoms with Crippen molar-refractivity contribution in [2.45, 2.75) is 20.4 Å². The van der Waals surface area contributed by atoms with Gasteiger partial charge in [-0.3, -0.25) is 14.5 Å². The van der Waals surface area contributed by atoms with Crippen LogP contribution in [0.4, 0.5) is 11.4 Å². The summed E-state index contributed by atoms with van der Waals surface area (Å²) in [5.74, 6) is -0.573. The van der Waals surface area contributed by atoms with Crippen LogP contribution in [0.25, 0.3) is 0 Å². The average Bonchev–Trinajstić information content (AvgIpc) is 3.35. The Morgan fingerprint density at radius 1 is 1.17 bits per heavy atom. The van der Waals surface area contributed by atoms with Gasteiger partial charge < -0.3 is 19.0 Å². The second-order valence-electron chi connectivity index (χ2n) is 7.07. The molecule has 1 aliphatic heterocycles. The number of hydrogen-bond donors (Lipinski definition) is 1. The molecular formula is C22H21N3O5. The highest BCUT2D eigenvalue weighted by atomic mass is 16.5. The van der Waals surface area contributed by atoms with E-state index in [1.54, 1.807) is 36.6 Å². The van der Waals surface area contributed by atoms with Gasteiger partial charge in [0.15, 0.2) is 6.61 Å². The van der Waals surface area contributed by atoms with Gasteiger partial charge >= 0.3 is 5.97 Å². The number of aromatic nitrogens is 1. The first-order valence-corrected chi connectivity index (χ1v) is 9.49. The average molecular weight is 407 g/mol. The first-order valence-electron chi connectivity index (χ1n) is 9.49. The maximum absolute atomic E-state index is 12.7. The molecule has 0 atom stereocenters. The molecule has 8 heteroatoms. The minimum Gasteiger partial charge on any atom is -0.467 e. The first-order chi connectivity index (χ1) is 14.4. The molecule has 0 fully saturated rings. The number of carbonyl (C=O) groups is 3. The number of para-hydroxylation sites is 2. The number of hydrogen-bond acceptors (Lipinski definition) is 5. The molecule has 8 nitrogen and oxygen atoms in total. The number of fused-ring (bicyclic) bond motifs is 1. The standard InChI is InChI=1S/C22H21N3O5/c1-14-10-17(15(2)24(14)11-16-6-5-9-29-16)22(28)30-13-21(27)25-12-20(26)23-18-7-3-4-8-19(18)25/h3-10H,11-13H2,1-2H3,(H,23,26). The summed E-state index contributed by atoms with van der Waals surface area (Å²) in [7, 11) is 0. The molecule has 1 aromatic carbocycles. The SMILES string of the molecule is Cc1cc(C(=O)OCC(=O)N2CC(=O)Nc3ccccc32)c(C)n1Cc1ccco1. The quantitative estimate of drug-likeness (QED) is 0.657. The van der Waals surface area contributed by atoms with Crippen LogP contribution in [0.2, 0.25) is 0 Å². The maximum Gasteiger partial charge on any atom is 0.340 e. The highest BCUT2D eigenvalue weighted by molar-refractivity contribution is 6.10. The van der Waals surface area contributed by atoms with Crippen molar-refractivity contribution in [1.82, 2.24) is 4.57 Å². The Labute approximate surface area is 173 Å². The van der Waals surface area contributed by atoms with Crippen molar-refractivity contribution in [1.29, 1.82) is 0 Å². The number of rotatable bonds is 5. The molecule has 0 aliphatic carbocycles. The number of esters is 1. The molecule has 0 spiro atoms. The van der Waals surface area contributed by atoms with Crippen LogP contribution in [0.5, 0.6) is 0 Å². The molecule has 0 radical (unpaired) electrons. The van der Waals surface area contributed by atoms with Crippen LogP contribution in [0.3, 0.4) is 0 Å². The zero-order chi connectivity index (χ0) is 21.3. The predicted molar refractivity (Wildman–Crippen MR) is 109 cm³/mol. The Balaban J connectivity index is 1.45. The molecule has 0 bridgehead atoms. The van der Waals surface area contributed by atoms with E-state index in [4.69, 9.17) is 9.15 Å². The van der Waals surface area contributed by atoms with Crippen LogP contribution in [0.1, 0.15) is 27.5 Å². The Morgan fingerprint density at radius 2 is 1.97 bits per heavy atom. The fraction of sp³-hybridized carbons (Fsp3) is 0.227. The number of carbonyl (C=O) groups excluding carboxylic acids is 3. The number of benzene rings is 1. The summed E-state index contributed by atoms with van der Waals surface area (Å²) in [6.07, 6.45) is 1.60. The number of anilines is 2. The number of nitrogens with one attached hydrogen (secondary N) is 1. The van der Waals surface area contributed by atoms with Crippen molar-refractivity contribution in [3.63, 3.8) is 0 Å². The highest BCUT2D eigenvalue weighted by Gasteiger charge is 2.28. The second kappa shape index (κ2) is 7.90. The lowest BCUT2D eigenvalue weighted by Gasteiger charge is -2.28.